The second-order valence-electron chi connectivity index (χ2n) is 5.85. The average molecular weight is 314 g/mol. The molecule has 0 atom stereocenters. The molecule has 116 valence electrons. The molecule has 0 fully saturated rings. The zero-order valence-corrected chi connectivity index (χ0v) is 12.8. The minimum atomic E-state index is 0.903. The van der Waals surface area contributed by atoms with Crippen LogP contribution in [0.4, 0.5) is 0 Å². The lowest BCUT2D eigenvalue weighted by molar-refractivity contribution is 0.874. The smallest absolute Gasteiger partial charge is 0.114 e. The summed E-state index contributed by atoms with van der Waals surface area (Å²) in [4.78, 5) is 8.98. The minimum Gasteiger partial charge on any atom is -0.285 e. The van der Waals surface area contributed by atoms with Crippen LogP contribution < -0.4 is 0 Å². The zero-order chi connectivity index (χ0) is 15.9. The lowest BCUT2D eigenvalue weighted by Crippen LogP contribution is -2.05. The summed E-state index contributed by atoms with van der Waals surface area (Å²) in [5.74, 6) is 0. The van der Waals surface area contributed by atoms with E-state index in [1.54, 1.807) is 12.4 Å². The summed E-state index contributed by atoms with van der Waals surface area (Å²) in [6.07, 6.45) is 11.3. The van der Waals surface area contributed by atoms with Gasteiger partial charge >= 0.3 is 0 Å². The van der Waals surface area contributed by atoms with E-state index in [1.807, 2.05) is 35.4 Å². The van der Waals surface area contributed by atoms with Crippen LogP contribution in [0.2, 0.25) is 0 Å². The fraction of sp³-hybridized carbons (Fsp3) is 0.111. The second-order valence-corrected chi connectivity index (χ2v) is 5.85. The highest BCUT2D eigenvalue weighted by Gasteiger charge is 2.20. The molecule has 4 aromatic heterocycles. The Balaban J connectivity index is 1.57. The van der Waals surface area contributed by atoms with Crippen molar-refractivity contribution in [2.75, 3.05) is 0 Å². The van der Waals surface area contributed by atoms with Gasteiger partial charge in [-0.15, -0.1) is 0 Å². The number of aromatic nitrogens is 6. The summed E-state index contributed by atoms with van der Waals surface area (Å²) in [6, 6.07) is 8.07. The molecule has 0 saturated heterocycles. The summed E-state index contributed by atoms with van der Waals surface area (Å²) >= 11 is 0. The van der Waals surface area contributed by atoms with E-state index in [0.717, 1.165) is 41.2 Å². The molecule has 0 radical (unpaired) electrons. The van der Waals surface area contributed by atoms with E-state index in [9.17, 15) is 0 Å². The van der Waals surface area contributed by atoms with Crippen molar-refractivity contribution in [1.82, 2.24) is 29.9 Å². The van der Waals surface area contributed by atoms with Crippen LogP contribution in [0, 0.1) is 0 Å². The van der Waals surface area contributed by atoms with Gasteiger partial charge < -0.3 is 0 Å². The van der Waals surface area contributed by atoms with Crippen molar-refractivity contribution >= 4 is 0 Å². The highest BCUT2D eigenvalue weighted by molar-refractivity contribution is 5.69. The van der Waals surface area contributed by atoms with Crippen LogP contribution in [0.25, 0.3) is 28.3 Å². The highest BCUT2D eigenvalue weighted by Crippen LogP contribution is 2.32. The van der Waals surface area contributed by atoms with Crippen LogP contribution in [-0.4, -0.2) is 29.9 Å². The summed E-state index contributed by atoms with van der Waals surface area (Å²) in [5, 5.41) is 11.7. The first-order chi connectivity index (χ1) is 11.9. The molecule has 0 aliphatic heterocycles. The number of hydrogen-bond acceptors (Lipinski definition) is 4. The normalized spacial score (nSPS) is 12.7. The van der Waals surface area contributed by atoms with Gasteiger partial charge in [-0.3, -0.25) is 10.1 Å². The van der Waals surface area contributed by atoms with Crippen molar-refractivity contribution in [3.63, 3.8) is 0 Å². The maximum atomic E-state index is 4.85. The van der Waals surface area contributed by atoms with Crippen molar-refractivity contribution < 1.29 is 0 Å². The van der Waals surface area contributed by atoms with Crippen molar-refractivity contribution in [1.29, 1.82) is 0 Å². The maximum Gasteiger partial charge on any atom is 0.114 e. The van der Waals surface area contributed by atoms with Crippen molar-refractivity contribution in [3.05, 3.63) is 66.4 Å². The Bertz CT molecular complexity index is 1010. The number of aromatic amines is 1. The van der Waals surface area contributed by atoms with Crippen LogP contribution in [-0.2, 0) is 12.8 Å². The number of nitrogens with zero attached hydrogens (tertiary/aromatic N) is 5. The van der Waals surface area contributed by atoms with Crippen molar-refractivity contribution in [3.8, 4) is 28.3 Å². The first kappa shape index (κ1) is 13.2. The number of aryl methyl sites for hydroxylation is 2. The lowest BCUT2D eigenvalue weighted by Gasteiger charge is -2.14. The molecule has 1 N–H and O–H groups in total. The molecule has 6 heteroatoms. The van der Waals surface area contributed by atoms with E-state index >= 15 is 0 Å². The molecule has 24 heavy (non-hydrogen) atoms. The molecule has 4 heterocycles. The van der Waals surface area contributed by atoms with E-state index in [-0.39, 0.29) is 0 Å². The first-order valence-corrected chi connectivity index (χ1v) is 7.87. The fourth-order valence-corrected chi connectivity index (χ4v) is 3.12. The number of rotatable bonds is 2. The third kappa shape index (κ3) is 2.04. The van der Waals surface area contributed by atoms with Crippen molar-refractivity contribution in [2.45, 2.75) is 12.8 Å². The molecule has 0 spiro atoms. The third-order valence-corrected chi connectivity index (χ3v) is 4.37. The molecule has 0 aromatic carbocycles. The molecule has 4 aromatic rings. The number of hydrogen-bond donors (Lipinski definition) is 1. The van der Waals surface area contributed by atoms with Crippen molar-refractivity contribution in [2.24, 2.45) is 0 Å². The highest BCUT2D eigenvalue weighted by atomic mass is 15.3. The molecule has 6 nitrogen and oxygen atoms in total. The number of nitrogens with one attached hydrogen (secondary N) is 1. The Labute approximate surface area is 138 Å². The number of H-pyrrole nitrogens is 1. The molecular weight excluding hydrogens is 300 g/mol. The topological polar surface area (TPSA) is 72.3 Å². The monoisotopic (exact) mass is 314 g/mol. The largest absolute Gasteiger partial charge is 0.285 e. The SMILES string of the molecule is c1cncc(-n2cc(-c3ccc4c(n3)-c3n[nH]cc3CC4)cn2)c1. The third-order valence-electron chi connectivity index (χ3n) is 4.37. The zero-order valence-electron chi connectivity index (χ0n) is 12.8. The van der Waals surface area contributed by atoms with Gasteiger partial charge in [0.05, 0.1) is 29.5 Å². The summed E-state index contributed by atoms with van der Waals surface area (Å²) in [6.45, 7) is 0. The van der Waals surface area contributed by atoms with Crippen LogP contribution >= 0.6 is 0 Å². The van der Waals surface area contributed by atoms with E-state index in [4.69, 9.17) is 4.98 Å². The lowest BCUT2D eigenvalue weighted by atomic mass is 9.94. The van der Waals surface area contributed by atoms with E-state index in [0.29, 0.717) is 0 Å². The molecule has 0 bridgehead atoms. The van der Waals surface area contributed by atoms with Gasteiger partial charge in [0.2, 0.25) is 0 Å². The standard InChI is InChI=1S/C18H14N6/c1-2-15(10-19-7-1)24-11-14(9-21-24)16-6-5-12-3-4-13-8-20-23-18(13)17(12)22-16/h1-2,5-11H,3-4H2,(H,20,23). The summed E-state index contributed by atoms with van der Waals surface area (Å²) in [7, 11) is 0. The minimum absolute atomic E-state index is 0.903. The number of pyridine rings is 2. The molecule has 0 unspecified atom stereocenters. The Morgan fingerprint density at radius 2 is 1.96 bits per heavy atom. The van der Waals surface area contributed by atoms with Crippen LogP contribution in [0.15, 0.2) is 55.2 Å². The van der Waals surface area contributed by atoms with Gasteiger partial charge in [0, 0.05) is 24.2 Å². The van der Waals surface area contributed by atoms with E-state index in [1.165, 1.54) is 11.1 Å². The van der Waals surface area contributed by atoms with Gasteiger partial charge in [0.1, 0.15) is 5.69 Å². The Hall–Kier alpha value is -3.28. The van der Waals surface area contributed by atoms with Crippen LogP contribution in [0.5, 0.6) is 0 Å². The van der Waals surface area contributed by atoms with E-state index < -0.39 is 0 Å². The predicted octanol–water partition coefficient (Wildman–Crippen LogP) is 2.82. The predicted molar refractivity (Wildman–Crippen MR) is 89.6 cm³/mol. The average Bonchev–Trinajstić information content (AvgIpc) is 3.31. The number of fused-ring (bicyclic) bond motifs is 3. The van der Waals surface area contributed by atoms with Crippen LogP contribution in [0.3, 0.4) is 0 Å². The Morgan fingerprint density at radius 1 is 1.00 bits per heavy atom. The molecular formula is C18H14N6. The molecule has 0 amide bonds. The van der Waals surface area contributed by atoms with Gasteiger partial charge in [-0.2, -0.15) is 10.2 Å². The Kier molecular flexibility index (Phi) is 2.82. The van der Waals surface area contributed by atoms with E-state index in [2.05, 4.69) is 32.4 Å². The van der Waals surface area contributed by atoms with Gasteiger partial charge in [-0.05, 0) is 42.2 Å². The van der Waals surface area contributed by atoms with Gasteiger partial charge in [0.25, 0.3) is 0 Å². The molecule has 0 saturated carbocycles. The van der Waals surface area contributed by atoms with Gasteiger partial charge in [0.15, 0.2) is 0 Å². The second kappa shape index (κ2) is 5.13. The fourth-order valence-electron chi connectivity index (χ4n) is 3.12. The van der Waals surface area contributed by atoms with Crippen LogP contribution in [0.1, 0.15) is 11.1 Å². The molecule has 1 aliphatic carbocycles. The first-order valence-electron chi connectivity index (χ1n) is 7.87. The van der Waals surface area contributed by atoms with Gasteiger partial charge in [-0.1, -0.05) is 6.07 Å². The maximum absolute atomic E-state index is 4.85. The quantitative estimate of drug-likeness (QED) is 0.617. The summed E-state index contributed by atoms with van der Waals surface area (Å²) < 4.78 is 1.81. The Morgan fingerprint density at radius 3 is 2.88 bits per heavy atom. The van der Waals surface area contributed by atoms with Gasteiger partial charge in [-0.25, -0.2) is 9.67 Å². The summed E-state index contributed by atoms with van der Waals surface area (Å²) in [5.41, 5.74) is 7.23. The molecule has 1 aliphatic rings. The molecule has 5 rings (SSSR count).